The van der Waals surface area contributed by atoms with Crippen molar-refractivity contribution in [2.45, 2.75) is 133 Å². The van der Waals surface area contributed by atoms with E-state index in [0.29, 0.717) is 87.8 Å². The molecule has 12 saturated heterocycles. The number of piperazine rings is 3. The molecule has 9 atom stereocenters. The largest absolute Gasteiger partial charge is 0.618 e. The molecule has 6 unspecified atom stereocenters. The van der Waals surface area contributed by atoms with Gasteiger partial charge in [0.2, 0.25) is 29.1 Å². The molecule has 560 valence electrons. The van der Waals surface area contributed by atoms with Crippen LogP contribution in [0.15, 0.2) is 167 Å². The van der Waals surface area contributed by atoms with E-state index in [1.807, 2.05) is 193 Å². The molecular formula is C87H75I2N9O13. The second-order valence-electron chi connectivity index (χ2n) is 32.6. The van der Waals surface area contributed by atoms with Gasteiger partial charge in [-0.1, -0.05) is 118 Å². The molecule has 6 spiro atoms. The third-order valence-corrected chi connectivity index (χ3v) is 27.4. The number of carbonyl (C=O) groups excluding carboxylic acids is 8. The van der Waals surface area contributed by atoms with Crippen LogP contribution in [0, 0.1) is 98.5 Å². The van der Waals surface area contributed by atoms with E-state index in [9.17, 15) is 63.8 Å². The Kier molecular flexibility index (Phi) is 17.6. The average molecular weight is 1710 g/mol. The molecule has 24 heteroatoms. The number of nitro groups is 2. The van der Waals surface area contributed by atoms with Crippen molar-refractivity contribution in [3.63, 3.8) is 0 Å². The number of rotatable bonds is 3. The SMILES string of the molecule is CC1(C)C(=O)C(I)=C[C@@]23NC(=O)C4(CCCN4C2=O)CC13.CC1(C)C(=O)C(c2ccc(C#Cc3ccccc3)cc2[N+](=O)[O-])=C[C@@]23NC(=O)C4(CCCN4C2=O)CC13.CC1(C)C2=[N+]([O-])c3cc(C#Cc4ccccc4)ccc3C2=C[C@@]23NC(=O)C4(CCCN4C2=O)CC13.O=[N+]([O-])c1cc(C#Cc2ccccc2)ccc1I. The summed E-state index contributed by atoms with van der Waals surface area (Å²) in [6.07, 6.45) is 11.1. The summed E-state index contributed by atoms with van der Waals surface area (Å²) in [6, 6.07) is 43.7. The number of Topliss-reactive ketones (excluding diaryl/α,β-unsaturated/α-hetero) is 2. The fourth-order valence-electron chi connectivity index (χ4n) is 20.1. The van der Waals surface area contributed by atoms with Gasteiger partial charge in [0.05, 0.1) is 39.1 Å². The van der Waals surface area contributed by atoms with E-state index in [1.54, 1.807) is 47.9 Å². The zero-order chi connectivity index (χ0) is 78.5. The lowest BCUT2D eigenvalue weighted by Crippen LogP contribution is -2.83. The predicted octanol–water partition coefficient (Wildman–Crippen LogP) is 11.4. The number of nitrogens with zero attached hydrogens (tertiary/aromatic N) is 6. The van der Waals surface area contributed by atoms with Gasteiger partial charge in [-0.05, 0) is 208 Å². The van der Waals surface area contributed by atoms with Gasteiger partial charge in [0.1, 0.15) is 33.2 Å². The van der Waals surface area contributed by atoms with Crippen molar-refractivity contribution in [1.29, 1.82) is 0 Å². The summed E-state index contributed by atoms with van der Waals surface area (Å²) in [7, 11) is 0. The van der Waals surface area contributed by atoms with Gasteiger partial charge >= 0.3 is 0 Å². The number of nitrogens with one attached hydrogen (secondary N) is 3. The molecule has 0 aromatic heterocycles. The highest BCUT2D eigenvalue weighted by molar-refractivity contribution is 14.1. The van der Waals surface area contributed by atoms with Crippen LogP contribution in [0.5, 0.6) is 0 Å². The second-order valence-corrected chi connectivity index (χ2v) is 34.9. The molecule has 6 aromatic rings. The molecule has 6 bridgehead atoms. The number of nitro benzene ring substituents is 2. The summed E-state index contributed by atoms with van der Waals surface area (Å²) in [5.74, 6) is 16.6. The first kappa shape index (κ1) is 74.2. The van der Waals surface area contributed by atoms with Crippen LogP contribution in [0.3, 0.4) is 0 Å². The van der Waals surface area contributed by atoms with E-state index < -0.39 is 65.2 Å². The van der Waals surface area contributed by atoms with Crippen LogP contribution >= 0.6 is 45.2 Å². The Labute approximate surface area is 667 Å². The summed E-state index contributed by atoms with van der Waals surface area (Å²) in [4.78, 5) is 134. The number of halogens is 2. The Morgan fingerprint density at radius 3 is 1.23 bits per heavy atom. The van der Waals surface area contributed by atoms with Crippen LogP contribution in [0.25, 0.3) is 11.1 Å². The Balaban J connectivity index is 0.000000117. The first-order chi connectivity index (χ1) is 52.8. The summed E-state index contributed by atoms with van der Waals surface area (Å²) in [5, 5.41) is 45.8. The summed E-state index contributed by atoms with van der Waals surface area (Å²) < 4.78 is 2.19. The van der Waals surface area contributed by atoms with E-state index in [1.165, 1.54) is 24.3 Å². The summed E-state index contributed by atoms with van der Waals surface area (Å²) in [5.41, 5.74) is -1.01. The molecule has 6 amide bonds. The van der Waals surface area contributed by atoms with Crippen LogP contribution < -0.4 is 16.0 Å². The second kappa shape index (κ2) is 26.4. The maximum Gasteiger partial charge on any atom is 0.283 e. The highest BCUT2D eigenvalue weighted by Crippen LogP contribution is 2.63. The van der Waals surface area contributed by atoms with Crippen molar-refractivity contribution in [2.75, 3.05) is 19.6 Å². The number of benzene rings is 6. The zero-order valence-corrected chi connectivity index (χ0v) is 65.9. The molecule has 16 aliphatic rings. The van der Waals surface area contributed by atoms with E-state index in [0.717, 1.165) is 57.4 Å². The number of fused-ring (bicyclic) bond motifs is 6. The van der Waals surface area contributed by atoms with Crippen LogP contribution in [0.4, 0.5) is 17.1 Å². The summed E-state index contributed by atoms with van der Waals surface area (Å²) in [6.45, 7) is 13.2. The molecule has 13 aliphatic heterocycles. The molecule has 0 saturated carbocycles. The van der Waals surface area contributed by atoms with E-state index in [4.69, 9.17) is 0 Å². The molecule has 13 heterocycles. The molecule has 111 heavy (non-hydrogen) atoms. The van der Waals surface area contributed by atoms with Crippen LogP contribution in [0.2, 0.25) is 0 Å². The van der Waals surface area contributed by atoms with Crippen molar-refractivity contribution >= 4 is 126 Å². The lowest BCUT2D eigenvalue weighted by molar-refractivity contribution is -0.385. The van der Waals surface area contributed by atoms with Gasteiger partial charge in [0.25, 0.3) is 29.1 Å². The highest BCUT2D eigenvalue weighted by Gasteiger charge is 2.76. The standard InChI is InChI=1S/C29H25N3O5.C29H25N3O3.C15H17IN2O3.C14H8INO2/c1-27(2)23-17-28-13-6-14-31(28)26(35)29(23,30-25(28)34)16-21(24(27)33)20-12-11-19(15-22(20)32(36)37)10-9-18-7-4-3-5-8-18;1-27(2)23-17-28-13-6-14-31(28)26(34)29(23,30-25(28)33)16-21-20-12-11-19(15-22(20)32(35)24(21)27)10-9-18-7-4-3-5-8-18;1-13(2)9-7-14-4-3-5-18(14)12(21)15(9,17-11(14)20)6-8(16)10(13)19;15-13-9-8-12(10-14(13)16(17)18)7-6-11-4-2-1-3-5-11/h3-5,7-8,11-12,15-16,23H,6,13-14,17H2,1-2H3,(H,30,34);3-5,7-8,11-12,15-16,23H,6,13-14,17H2,1-2H3,(H,30,33);6,9H,3-5,7H2,1-2H3,(H,17,20);1-5,8-10H/t2*23?,28?,29-;9?,14?,15-;/m000./s1. The molecule has 6 aromatic carbocycles. The molecule has 3 N–H and O–H groups in total. The van der Waals surface area contributed by atoms with Gasteiger partial charge in [0, 0.05) is 105 Å². The normalized spacial score (nSPS) is 29.2. The number of piperidine rings is 6. The first-order valence-electron chi connectivity index (χ1n) is 37.1. The fraction of sp³-hybridized carbons (Fsp3) is 0.345. The van der Waals surface area contributed by atoms with Crippen LogP contribution in [-0.2, 0) is 38.4 Å². The smallest absolute Gasteiger partial charge is 0.283 e. The Bertz CT molecular complexity index is 5560. The zero-order valence-electron chi connectivity index (χ0n) is 61.6. The van der Waals surface area contributed by atoms with Gasteiger partial charge in [-0.2, -0.15) is 4.74 Å². The van der Waals surface area contributed by atoms with E-state index in [2.05, 4.69) is 51.5 Å². The van der Waals surface area contributed by atoms with Crippen molar-refractivity contribution in [1.82, 2.24) is 30.7 Å². The molecule has 22 rings (SSSR count). The minimum Gasteiger partial charge on any atom is -0.618 e. The van der Waals surface area contributed by atoms with Gasteiger partial charge in [-0.15, -0.1) is 0 Å². The first-order valence-corrected chi connectivity index (χ1v) is 39.3. The molecule has 0 radical (unpaired) electrons. The predicted molar refractivity (Wildman–Crippen MR) is 428 cm³/mol. The van der Waals surface area contributed by atoms with Crippen LogP contribution in [0.1, 0.15) is 144 Å². The maximum absolute atomic E-state index is 13.9. The van der Waals surface area contributed by atoms with Crippen molar-refractivity contribution in [3.05, 3.63) is 241 Å². The molecule has 22 nitrogen and oxygen atoms in total. The lowest BCUT2D eigenvalue weighted by Gasteiger charge is -2.62. The minimum atomic E-state index is -1.41. The van der Waals surface area contributed by atoms with Gasteiger partial charge in [0.15, 0.2) is 11.6 Å². The average Bonchev–Trinajstić information content (AvgIpc) is 1.48. The maximum atomic E-state index is 13.9. The summed E-state index contributed by atoms with van der Waals surface area (Å²) >= 11 is 3.93. The molecular weight excluding hydrogens is 1630 g/mol. The number of hydrogen-bond acceptors (Lipinski definition) is 13. The Morgan fingerprint density at radius 2 is 0.793 bits per heavy atom. The monoisotopic (exact) mass is 1710 g/mol. The number of allylic oxidation sites excluding steroid dienone is 3. The molecule has 3 aliphatic carbocycles. The van der Waals surface area contributed by atoms with Crippen molar-refractivity contribution < 1.29 is 52.9 Å². The number of amides is 6. The third-order valence-electron chi connectivity index (χ3n) is 25.7. The quantitative estimate of drug-likeness (QED) is 0.0371. The van der Waals surface area contributed by atoms with Crippen molar-refractivity contribution in [3.8, 4) is 35.5 Å². The topological polar surface area (TPSA) is 295 Å². The number of ketones is 2. The Hall–Kier alpha value is -10.9. The van der Waals surface area contributed by atoms with Gasteiger partial charge in [-0.3, -0.25) is 58.6 Å². The third kappa shape index (κ3) is 11.2. The number of hydrogen-bond donors (Lipinski definition) is 3. The fourth-order valence-corrected chi connectivity index (χ4v) is 21.8. The van der Waals surface area contributed by atoms with E-state index in [-0.39, 0.29) is 81.4 Å². The number of carbonyl (C=O) groups is 8. The Morgan fingerprint density at radius 1 is 0.432 bits per heavy atom. The molecule has 12 fully saturated rings. The van der Waals surface area contributed by atoms with Gasteiger partial charge in [-0.25, -0.2) is 0 Å². The lowest BCUT2D eigenvalue weighted by atomic mass is 9.51. The minimum absolute atomic E-state index is 0.0226. The van der Waals surface area contributed by atoms with Crippen molar-refractivity contribution in [2.24, 2.45) is 34.0 Å². The van der Waals surface area contributed by atoms with Gasteiger partial charge < -0.3 is 35.9 Å². The highest BCUT2D eigenvalue weighted by atomic mass is 127. The van der Waals surface area contributed by atoms with Crippen LogP contribution in [-0.4, -0.2) is 135 Å². The van der Waals surface area contributed by atoms with E-state index >= 15 is 0 Å².